The number of nitrogens with zero attached hydrogens (tertiary/aromatic N) is 1. The van der Waals surface area contributed by atoms with Gasteiger partial charge in [-0.15, -0.1) is 0 Å². The number of hydrogen-bond acceptors (Lipinski definition) is 3. The Morgan fingerprint density at radius 1 is 1.27 bits per heavy atom. The molecule has 84 valence electrons. The second-order valence-corrected chi connectivity index (χ2v) is 4.69. The first kappa shape index (κ1) is 12.1. The first-order valence-corrected chi connectivity index (χ1v) is 5.44. The molecule has 1 heterocycles. The van der Waals surface area contributed by atoms with E-state index >= 15 is 0 Å². The Kier molecular flexibility index (Phi) is 3.44. The largest absolute Gasteiger partial charge is 0.391 e. The van der Waals surface area contributed by atoms with Crippen LogP contribution in [0.2, 0.25) is 0 Å². The Morgan fingerprint density at radius 3 is 2.00 bits per heavy atom. The highest BCUT2D eigenvalue weighted by atomic mass is 32.1. The number of hydrogen-bond donors (Lipinski definition) is 1. The number of carbonyl (C=O) groups excluding carboxylic acids is 2. The molecule has 0 saturated carbocycles. The van der Waals surface area contributed by atoms with Crippen LogP contribution in [0.25, 0.3) is 0 Å². The van der Waals surface area contributed by atoms with Crippen molar-refractivity contribution in [3.05, 3.63) is 0 Å². The normalized spacial score (nSPS) is 18.9. The summed E-state index contributed by atoms with van der Waals surface area (Å²) in [7, 11) is 0. The van der Waals surface area contributed by atoms with E-state index in [0.29, 0.717) is 12.8 Å². The summed E-state index contributed by atoms with van der Waals surface area (Å²) in [6.07, 6.45) is 2.32. The molecule has 1 aliphatic heterocycles. The standard InChI is InChI=1S/C10H16N2O2S/c1-10(2,9(11)15)12-7(13)5-3-4-6-8(12)14/h3-6H2,1-2H3,(H2,11,15). The number of thiocarbonyl (C=S) groups is 1. The first-order chi connectivity index (χ1) is 6.87. The maximum atomic E-state index is 11.8. The minimum Gasteiger partial charge on any atom is -0.391 e. The van der Waals surface area contributed by atoms with Crippen LogP contribution in [0.15, 0.2) is 0 Å². The summed E-state index contributed by atoms with van der Waals surface area (Å²) >= 11 is 4.89. The summed E-state index contributed by atoms with van der Waals surface area (Å²) in [5, 5.41) is 0. The van der Waals surface area contributed by atoms with Crippen molar-refractivity contribution >= 4 is 29.0 Å². The lowest BCUT2D eigenvalue weighted by atomic mass is 10.0. The van der Waals surface area contributed by atoms with E-state index in [1.54, 1.807) is 13.8 Å². The molecular weight excluding hydrogens is 212 g/mol. The molecule has 0 aromatic carbocycles. The van der Waals surface area contributed by atoms with Crippen LogP contribution < -0.4 is 5.73 Å². The zero-order chi connectivity index (χ0) is 11.6. The Hall–Kier alpha value is -0.970. The molecule has 15 heavy (non-hydrogen) atoms. The highest BCUT2D eigenvalue weighted by Crippen LogP contribution is 2.22. The van der Waals surface area contributed by atoms with Gasteiger partial charge in [0.15, 0.2) is 0 Å². The monoisotopic (exact) mass is 228 g/mol. The van der Waals surface area contributed by atoms with Crippen LogP contribution in [-0.4, -0.2) is 27.2 Å². The van der Waals surface area contributed by atoms with Gasteiger partial charge in [0.1, 0.15) is 0 Å². The highest BCUT2D eigenvalue weighted by molar-refractivity contribution is 7.80. The lowest BCUT2D eigenvalue weighted by Gasteiger charge is -2.35. The quantitative estimate of drug-likeness (QED) is 0.565. The molecule has 0 atom stereocenters. The van der Waals surface area contributed by atoms with Gasteiger partial charge in [-0.05, 0) is 26.7 Å². The minimum absolute atomic E-state index is 0.171. The third kappa shape index (κ3) is 2.34. The summed E-state index contributed by atoms with van der Waals surface area (Å²) in [6.45, 7) is 3.41. The SMILES string of the molecule is CC(C)(C(N)=S)N1C(=O)CCCCC1=O. The van der Waals surface area contributed by atoms with Crippen molar-refractivity contribution in [2.45, 2.75) is 45.1 Å². The molecule has 5 heteroatoms. The van der Waals surface area contributed by atoms with Gasteiger partial charge in [-0.2, -0.15) is 0 Å². The third-order valence-corrected chi connectivity index (χ3v) is 3.19. The summed E-state index contributed by atoms with van der Waals surface area (Å²) in [5.41, 5.74) is 4.71. The maximum Gasteiger partial charge on any atom is 0.230 e. The van der Waals surface area contributed by atoms with Crippen LogP contribution in [0.1, 0.15) is 39.5 Å². The summed E-state index contributed by atoms with van der Waals surface area (Å²) in [5.74, 6) is -0.342. The van der Waals surface area contributed by atoms with E-state index in [4.69, 9.17) is 18.0 Å². The fourth-order valence-corrected chi connectivity index (χ4v) is 1.74. The number of rotatable bonds is 2. The predicted octanol–water partition coefficient (Wildman–Crippen LogP) is 0.980. The topological polar surface area (TPSA) is 63.4 Å². The molecule has 0 unspecified atom stereocenters. The molecule has 2 amide bonds. The molecule has 0 aromatic heterocycles. The average Bonchev–Trinajstić information content (AvgIpc) is 2.27. The van der Waals surface area contributed by atoms with Gasteiger partial charge in [0.05, 0.1) is 10.5 Å². The molecule has 1 rings (SSSR count). The predicted molar refractivity (Wildman–Crippen MR) is 61.2 cm³/mol. The Balaban J connectivity index is 3.02. The van der Waals surface area contributed by atoms with E-state index in [-0.39, 0.29) is 16.8 Å². The van der Waals surface area contributed by atoms with Gasteiger partial charge >= 0.3 is 0 Å². The van der Waals surface area contributed by atoms with Gasteiger partial charge in [0.2, 0.25) is 11.8 Å². The van der Waals surface area contributed by atoms with Crippen LogP contribution >= 0.6 is 12.2 Å². The van der Waals surface area contributed by atoms with E-state index in [1.165, 1.54) is 4.90 Å². The molecule has 1 saturated heterocycles. The maximum absolute atomic E-state index is 11.8. The lowest BCUT2D eigenvalue weighted by molar-refractivity contribution is -0.147. The number of imide groups is 1. The van der Waals surface area contributed by atoms with Gasteiger partial charge in [0, 0.05) is 12.8 Å². The number of likely N-dealkylation sites (tertiary alicyclic amines) is 1. The first-order valence-electron chi connectivity index (χ1n) is 5.03. The molecule has 4 nitrogen and oxygen atoms in total. The van der Waals surface area contributed by atoms with Gasteiger partial charge in [-0.25, -0.2) is 0 Å². The van der Waals surface area contributed by atoms with Crippen LogP contribution in [0.4, 0.5) is 0 Å². The van der Waals surface area contributed by atoms with Crippen LogP contribution in [0.3, 0.4) is 0 Å². The van der Waals surface area contributed by atoms with Crippen molar-refractivity contribution in [1.82, 2.24) is 4.90 Å². The molecule has 0 bridgehead atoms. The Morgan fingerprint density at radius 2 is 1.67 bits per heavy atom. The molecular formula is C10H16N2O2S. The average molecular weight is 228 g/mol. The van der Waals surface area contributed by atoms with E-state index in [2.05, 4.69) is 0 Å². The zero-order valence-corrected chi connectivity index (χ0v) is 9.89. The van der Waals surface area contributed by atoms with Gasteiger partial charge < -0.3 is 5.73 Å². The molecule has 1 fully saturated rings. The van der Waals surface area contributed by atoms with Gasteiger partial charge in [0.25, 0.3) is 0 Å². The minimum atomic E-state index is -0.853. The zero-order valence-electron chi connectivity index (χ0n) is 9.08. The number of amides is 2. The second kappa shape index (κ2) is 4.26. The van der Waals surface area contributed by atoms with Crippen LogP contribution in [-0.2, 0) is 9.59 Å². The smallest absolute Gasteiger partial charge is 0.230 e. The van der Waals surface area contributed by atoms with Crippen molar-refractivity contribution in [3.63, 3.8) is 0 Å². The van der Waals surface area contributed by atoms with E-state index in [1.807, 2.05) is 0 Å². The second-order valence-electron chi connectivity index (χ2n) is 4.25. The fraction of sp³-hybridized carbons (Fsp3) is 0.700. The molecule has 1 aliphatic rings. The van der Waals surface area contributed by atoms with Crippen molar-refractivity contribution in [2.24, 2.45) is 5.73 Å². The summed E-state index contributed by atoms with van der Waals surface area (Å²) in [6, 6.07) is 0. The highest BCUT2D eigenvalue weighted by Gasteiger charge is 2.38. The van der Waals surface area contributed by atoms with Crippen molar-refractivity contribution < 1.29 is 9.59 Å². The molecule has 0 radical (unpaired) electrons. The fourth-order valence-electron chi connectivity index (χ4n) is 1.65. The van der Waals surface area contributed by atoms with Gasteiger partial charge in [-0.1, -0.05) is 12.2 Å². The van der Waals surface area contributed by atoms with Gasteiger partial charge in [-0.3, -0.25) is 14.5 Å². The lowest BCUT2D eigenvalue weighted by Crippen LogP contribution is -2.57. The van der Waals surface area contributed by atoms with Crippen molar-refractivity contribution in [1.29, 1.82) is 0 Å². The molecule has 0 aromatic rings. The molecule has 0 aliphatic carbocycles. The van der Waals surface area contributed by atoms with E-state index in [0.717, 1.165) is 12.8 Å². The Bertz CT molecular complexity index is 295. The van der Waals surface area contributed by atoms with Crippen molar-refractivity contribution in [2.75, 3.05) is 0 Å². The summed E-state index contributed by atoms with van der Waals surface area (Å²) < 4.78 is 0. The molecule has 0 spiro atoms. The van der Waals surface area contributed by atoms with Crippen LogP contribution in [0, 0.1) is 0 Å². The van der Waals surface area contributed by atoms with E-state index < -0.39 is 5.54 Å². The van der Waals surface area contributed by atoms with E-state index in [9.17, 15) is 9.59 Å². The molecule has 2 N–H and O–H groups in total. The third-order valence-electron chi connectivity index (χ3n) is 2.69. The number of carbonyl (C=O) groups is 2. The van der Waals surface area contributed by atoms with Crippen LogP contribution in [0.5, 0.6) is 0 Å². The Labute approximate surface area is 94.8 Å². The summed E-state index contributed by atoms with van der Waals surface area (Å²) in [4.78, 5) is 24.9. The number of nitrogens with two attached hydrogens (primary N) is 1. The van der Waals surface area contributed by atoms with Crippen molar-refractivity contribution in [3.8, 4) is 0 Å².